The molecule has 0 aliphatic carbocycles. The van der Waals surface area contributed by atoms with Gasteiger partial charge in [-0.25, -0.2) is 10.4 Å². The smallest absolute Gasteiger partial charge is 0.272 e. The molecule has 2 heterocycles. The van der Waals surface area contributed by atoms with E-state index in [4.69, 9.17) is 9.72 Å². The molecule has 1 N–H and O–H groups in total. The number of fused-ring (bicyclic) bond motifs is 1. The van der Waals surface area contributed by atoms with Gasteiger partial charge in [0.05, 0.1) is 28.6 Å². The van der Waals surface area contributed by atoms with Crippen molar-refractivity contribution in [1.29, 1.82) is 0 Å². The lowest BCUT2D eigenvalue weighted by Gasteiger charge is -2.12. The number of aromatic nitrogens is 2. The zero-order valence-corrected chi connectivity index (χ0v) is 18.2. The van der Waals surface area contributed by atoms with Crippen molar-refractivity contribution in [1.82, 2.24) is 15.4 Å². The molecule has 0 bridgehead atoms. The van der Waals surface area contributed by atoms with Crippen molar-refractivity contribution >= 4 is 22.5 Å². The summed E-state index contributed by atoms with van der Waals surface area (Å²) in [5.74, 6) is 0.456. The second-order valence-corrected chi connectivity index (χ2v) is 7.65. The Morgan fingerprint density at radius 2 is 1.88 bits per heavy atom. The minimum absolute atomic E-state index is 0.0667. The Kier molecular flexibility index (Phi) is 6.22. The summed E-state index contributed by atoms with van der Waals surface area (Å²) in [6.45, 7) is 5.79. The number of hydrogen-bond donors (Lipinski definition) is 1. The van der Waals surface area contributed by atoms with Gasteiger partial charge >= 0.3 is 0 Å². The quantitative estimate of drug-likeness (QED) is 0.339. The number of hydrazone groups is 1. The Labute approximate surface area is 187 Å². The van der Waals surface area contributed by atoms with Gasteiger partial charge < -0.3 is 4.74 Å². The molecule has 4 aromatic rings. The van der Waals surface area contributed by atoms with E-state index in [1.807, 2.05) is 81.4 Å². The van der Waals surface area contributed by atoms with E-state index in [1.54, 1.807) is 18.5 Å². The van der Waals surface area contributed by atoms with E-state index in [0.29, 0.717) is 17.0 Å². The number of benzene rings is 2. The molecular formula is C26H24N4O2. The predicted molar refractivity (Wildman–Crippen MR) is 127 cm³/mol. The third-order valence-corrected chi connectivity index (χ3v) is 4.87. The van der Waals surface area contributed by atoms with Gasteiger partial charge in [0.25, 0.3) is 5.91 Å². The maximum absolute atomic E-state index is 13.1. The summed E-state index contributed by atoms with van der Waals surface area (Å²) >= 11 is 0. The number of hydrogen-bond acceptors (Lipinski definition) is 5. The maximum Gasteiger partial charge on any atom is 0.272 e. The Hall–Kier alpha value is -4.06. The molecule has 2 aromatic heterocycles. The summed E-state index contributed by atoms with van der Waals surface area (Å²) in [5, 5.41) is 5.03. The van der Waals surface area contributed by atoms with E-state index < -0.39 is 0 Å². The number of rotatable bonds is 6. The highest BCUT2D eigenvalue weighted by molar-refractivity contribution is 6.08. The lowest BCUT2D eigenvalue weighted by atomic mass is 10.0. The summed E-state index contributed by atoms with van der Waals surface area (Å²) in [6.07, 6.45) is 3.47. The topological polar surface area (TPSA) is 76.5 Å². The molecule has 0 spiro atoms. The Bertz CT molecular complexity index is 1280. The van der Waals surface area contributed by atoms with Crippen molar-refractivity contribution in [2.75, 3.05) is 0 Å². The molecular weight excluding hydrogens is 400 g/mol. The van der Waals surface area contributed by atoms with E-state index >= 15 is 0 Å². The van der Waals surface area contributed by atoms with Gasteiger partial charge in [0.1, 0.15) is 5.75 Å². The monoisotopic (exact) mass is 424 g/mol. The molecule has 6 nitrogen and oxygen atoms in total. The van der Waals surface area contributed by atoms with Crippen LogP contribution in [0.5, 0.6) is 5.75 Å². The predicted octanol–water partition coefficient (Wildman–Crippen LogP) is 5.24. The van der Waals surface area contributed by atoms with E-state index in [-0.39, 0.29) is 12.0 Å². The zero-order chi connectivity index (χ0) is 22.5. The third-order valence-electron chi connectivity index (χ3n) is 4.87. The van der Waals surface area contributed by atoms with Crippen LogP contribution >= 0.6 is 0 Å². The van der Waals surface area contributed by atoms with E-state index in [9.17, 15) is 4.79 Å². The molecule has 0 atom stereocenters. The van der Waals surface area contributed by atoms with Crippen LogP contribution in [0, 0.1) is 0 Å². The fourth-order valence-corrected chi connectivity index (χ4v) is 3.35. The molecule has 0 aliphatic heterocycles. The molecule has 32 heavy (non-hydrogen) atoms. The first kappa shape index (κ1) is 21.2. The van der Waals surface area contributed by atoms with E-state index in [2.05, 4.69) is 15.5 Å². The molecule has 6 heteroatoms. The molecule has 0 fully saturated rings. The van der Waals surface area contributed by atoms with Gasteiger partial charge in [-0.15, -0.1) is 0 Å². The minimum atomic E-state index is -0.303. The summed E-state index contributed by atoms with van der Waals surface area (Å²) in [4.78, 5) is 22.0. The fourth-order valence-electron chi connectivity index (χ4n) is 3.35. The van der Waals surface area contributed by atoms with Crippen molar-refractivity contribution in [2.45, 2.75) is 26.9 Å². The highest BCUT2D eigenvalue weighted by Gasteiger charge is 2.14. The SMILES string of the molecule is C/C(=N/NC(=O)c1cc(-c2cccc(OC(C)C)c2)nc2ccccc12)c1cccnc1. The first-order chi connectivity index (χ1) is 15.5. The molecule has 0 saturated heterocycles. The first-order valence-electron chi connectivity index (χ1n) is 10.4. The number of nitrogens with zero attached hydrogens (tertiary/aromatic N) is 3. The van der Waals surface area contributed by atoms with Crippen LogP contribution < -0.4 is 10.2 Å². The van der Waals surface area contributed by atoms with Crippen molar-refractivity contribution in [3.05, 3.63) is 90.3 Å². The number of amides is 1. The molecule has 0 aliphatic rings. The lowest BCUT2D eigenvalue weighted by molar-refractivity contribution is 0.0956. The number of carbonyl (C=O) groups is 1. The van der Waals surface area contributed by atoms with Gasteiger partial charge in [-0.2, -0.15) is 5.10 Å². The van der Waals surface area contributed by atoms with Gasteiger partial charge in [0.15, 0.2) is 0 Å². The van der Waals surface area contributed by atoms with Crippen molar-refractivity contribution in [2.24, 2.45) is 5.10 Å². The van der Waals surface area contributed by atoms with Crippen molar-refractivity contribution in [3.63, 3.8) is 0 Å². The number of para-hydroxylation sites is 1. The average Bonchev–Trinajstić information content (AvgIpc) is 2.82. The van der Waals surface area contributed by atoms with E-state index in [0.717, 1.165) is 27.8 Å². The van der Waals surface area contributed by atoms with Crippen LogP contribution in [0.3, 0.4) is 0 Å². The molecule has 4 rings (SSSR count). The van der Waals surface area contributed by atoms with Crippen LogP contribution in [-0.4, -0.2) is 27.7 Å². The molecule has 0 saturated carbocycles. The van der Waals surface area contributed by atoms with Crippen LogP contribution in [0.4, 0.5) is 0 Å². The van der Waals surface area contributed by atoms with Crippen molar-refractivity contribution in [3.8, 4) is 17.0 Å². The summed E-state index contributed by atoms with van der Waals surface area (Å²) < 4.78 is 5.82. The Balaban J connectivity index is 1.71. The second kappa shape index (κ2) is 9.39. The highest BCUT2D eigenvalue weighted by atomic mass is 16.5. The standard InChI is InChI=1S/C26H24N4O2/c1-17(2)32-21-10-6-8-19(14-21)25-15-23(22-11-4-5-12-24(22)28-25)26(31)30-29-18(3)20-9-7-13-27-16-20/h4-17H,1-3H3,(H,30,31)/b29-18-. The summed E-state index contributed by atoms with van der Waals surface area (Å²) in [7, 11) is 0. The Morgan fingerprint density at radius 1 is 1.03 bits per heavy atom. The first-order valence-corrected chi connectivity index (χ1v) is 10.4. The lowest BCUT2D eigenvalue weighted by Crippen LogP contribution is -2.20. The number of ether oxygens (including phenoxy) is 1. The fraction of sp³-hybridized carbons (Fsp3) is 0.154. The average molecular weight is 425 g/mol. The summed E-state index contributed by atoms with van der Waals surface area (Å²) in [6, 6.07) is 20.8. The van der Waals surface area contributed by atoms with Crippen LogP contribution in [0.1, 0.15) is 36.7 Å². The van der Waals surface area contributed by atoms with Crippen molar-refractivity contribution < 1.29 is 9.53 Å². The normalized spacial score (nSPS) is 11.6. The largest absolute Gasteiger partial charge is 0.491 e. The number of pyridine rings is 2. The number of carbonyl (C=O) groups excluding carboxylic acids is 1. The Morgan fingerprint density at radius 3 is 2.66 bits per heavy atom. The van der Waals surface area contributed by atoms with Crippen LogP contribution in [0.2, 0.25) is 0 Å². The number of nitrogens with one attached hydrogen (secondary N) is 1. The van der Waals surface area contributed by atoms with Gasteiger partial charge in [-0.1, -0.05) is 36.4 Å². The third kappa shape index (κ3) is 4.81. The minimum Gasteiger partial charge on any atom is -0.491 e. The molecule has 160 valence electrons. The zero-order valence-electron chi connectivity index (χ0n) is 18.2. The maximum atomic E-state index is 13.1. The van der Waals surface area contributed by atoms with E-state index in [1.165, 1.54) is 0 Å². The van der Waals surface area contributed by atoms with Gasteiger partial charge in [-0.3, -0.25) is 9.78 Å². The van der Waals surface area contributed by atoms with Gasteiger partial charge in [-0.05, 0) is 51.1 Å². The highest BCUT2D eigenvalue weighted by Crippen LogP contribution is 2.27. The molecule has 2 aromatic carbocycles. The van der Waals surface area contributed by atoms with Crippen LogP contribution in [-0.2, 0) is 0 Å². The summed E-state index contributed by atoms with van der Waals surface area (Å²) in [5.41, 5.74) is 6.99. The van der Waals surface area contributed by atoms with Gasteiger partial charge in [0.2, 0.25) is 0 Å². The molecule has 1 amide bonds. The molecule has 0 unspecified atom stereocenters. The molecule has 0 radical (unpaired) electrons. The van der Waals surface area contributed by atoms with Crippen LogP contribution in [0.15, 0.2) is 84.2 Å². The second-order valence-electron chi connectivity index (χ2n) is 7.65. The van der Waals surface area contributed by atoms with Crippen LogP contribution in [0.25, 0.3) is 22.2 Å². The van der Waals surface area contributed by atoms with Gasteiger partial charge in [0, 0.05) is 28.9 Å².